The van der Waals surface area contributed by atoms with Crippen LogP contribution in [0.3, 0.4) is 0 Å². The van der Waals surface area contributed by atoms with E-state index in [4.69, 9.17) is 9.57 Å². The number of aromatic nitrogens is 1. The summed E-state index contributed by atoms with van der Waals surface area (Å²) >= 11 is 0. The number of hydrogen-bond donors (Lipinski definition) is 2. The summed E-state index contributed by atoms with van der Waals surface area (Å²) in [5.41, 5.74) is 3.56. The van der Waals surface area contributed by atoms with Crippen molar-refractivity contribution < 1.29 is 14.7 Å². The Morgan fingerprint density at radius 2 is 2.03 bits per heavy atom. The number of pyridine rings is 1. The summed E-state index contributed by atoms with van der Waals surface area (Å²) < 4.78 is 6.49. The molecule has 0 bridgehead atoms. The first-order valence-corrected chi connectivity index (χ1v) is 10.9. The van der Waals surface area contributed by atoms with Gasteiger partial charge in [-0.25, -0.2) is 0 Å². The van der Waals surface area contributed by atoms with Crippen LogP contribution in [0, 0.1) is 0 Å². The molecular formula is C24H31N3O3. The quantitative estimate of drug-likeness (QED) is 0.706. The molecule has 1 atom stereocenters. The highest BCUT2D eigenvalue weighted by atomic mass is 16.7. The molecule has 0 aliphatic carbocycles. The van der Waals surface area contributed by atoms with Gasteiger partial charge in [-0.2, -0.15) is 5.06 Å². The van der Waals surface area contributed by atoms with E-state index in [-0.39, 0.29) is 11.4 Å². The van der Waals surface area contributed by atoms with E-state index in [9.17, 15) is 5.11 Å². The van der Waals surface area contributed by atoms with Crippen LogP contribution in [-0.2, 0) is 11.4 Å². The Kier molecular flexibility index (Phi) is 6.37. The van der Waals surface area contributed by atoms with Gasteiger partial charge in [0, 0.05) is 36.8 Å². The van der Waals surface area contributed by atoms with Crippen LogP contribution in [-0.4, -0.2) is 46.9 Å². The summed E-state index contributed by atoms with van der Waals surface area (Å²) in [6, 6.07) is 9.44. The fourth-order valence-electron chi connectivity index (χ4n) is 4.19. The molecule has 2 aromatic rings. The zero-order valence-electron chi connectivity index (χ0n) is 17.9. The SMILES string of the molecule is CCN(CC)OCc1ccc(C2=CC3(CCCNCC3)Oc3ccc(O)cc32)cn1. The molecule has 2 N–H and O–H groups in total. The maximum absolute atomic E-state index is 10.1. The van der Waals surface area contributed by atoms with Crippen LogP contribution in [0.1, 0.15) is 49.9 Å². The second kappa shape index (κ2) is 9.16. The largest absolute Gasteiger partial charge is 0.508 e. The molecule has 1 unspecified atom stereocenters. The average Bonchev–Trinajstić information content (AvgIpc) is 3.00. The molecule has 1 saturated heterocycles. The van der Waals surface area contributed by atoms with Gasteiger partial charge in [0.2, 0.25) is 0 Å². The Labute approximate surface area is 178 Å². The summed E-state index contributed by atoms with van der Waals surface area (Å²) in [6.45, 7) is 8.23. The van der Waals surface area contributed by atoms with E-state index in [1.165, 1.54) is 0 Å². The molecule has 0 radical (unpaired) electrons. The molecule has 30 heavy (non-hydrogen) atoms. The Morgan fingerprint density at radius 1 is 1.17 bits per heavy atom. The number of nitrogens with one attached hydrogen (secondary N) is 1. The number of phenols is 1. The molecule has 0 amide bonds. The van der Waals surface area contributed by atoms with E-state index >= 15 is 0 Å². The lowest BCUT2D eigenvalue weighted by atomic mass is 9.84. The van der Waals surface area contributed by atoms with Crippen molar-refractivity contribution in [1.29, 1.82) is 0 Å². The minimum absolute atomic E-state index is 0.235. The van der Waals surface area contributed by atoms with Crippen LogP contribution >= 0.6 is 0 Å². The lowest BCUT2D eigenvalue weighted by molar-refractivity contribution is -0.164. The Morgan fingerprint density at radius 3 is 2.80 bits per heavy atom. The third-order valence-electron chi connectivity index (χ3n) is 5.89. The number of nitrogens with zero attached hydrogens (tertiary/aromatic N) is 2. The van der Waals surface area contributed by atoms with Gasteiger partial charge >= 0.3 is 0 Å². The average molecular weight is 410 g/mol. The van der Waals surface area contributed by atoms with Crippen molar-refractivity contribution in [3.05, 3.63) is 59.4 Å². The molecule has 1 aromatic heterocycles. The van der Waals surface area contributed by atoms with Gasteiger partial charge in [0.1, 0.15) is 23.7 Å². The molecule has 6 nitrogen and oxygen atoms in total. The molecule has 0 saturated carbocycles. The number of ether oxygens (including phenoxy) is 1. The first kappa shape index (κ1) is 20.8. The van der Waals surface area contributed by atoms with Crippen molar-refractivity contribution in [2.75, 3.05) is 26.2 Å². The first-order valence-electron chi connectivity index (χ1n) is 10.9. The minimum Gasteiger partial charge on any atom is -0.508 e. The molecule has 2 aliphatic heterocycles. The molecule has 6 heteroatoms. The Bertz CT molecular complexity index is 883. The second-order valence-electron chi connectivity index (χ2n) is 7.93. The van der Waals surface area contributed by atoms with Gasteiger partial charge in [-0.1, -0.05) is 19.9 Å². The smallest absolute Gasteiger partial charge is 0.129 e. The summed E-state index contributed by atoms with van der Waals surface area (Å²) in [6.07, 6.45) is 7.09. The van der Waals surface area contributed by atoms with Crippen molar-refractivity contribution in [2.24, 2.45) is 0 Å². The molecular weight excluding hydrogens is 378 g/mol. The van der Waals surface area contributed by atoms with Crippen molar-refractivity contribution in [3.63, 3.8) is 0 Å². The normalized spacial score (nSPS) is 21.1. The highest BCUT2D eigenvalue weighted by Gasteiger charge is 2.36. The van der Waals surface area contributed by atoms with E-state index in [2.05, 4.69) is 36.3 Å². The fourth-order valence-corrected chi connectivity index (χ4v) is 4.19. The summed E-state index contributed by atoms with van der Waals surface area (Å²) in [5.74, 6) is 1.06. The number of fused-ring (bicyclic) bond motifs is 1. The van der Waals surface area contributed by atoms with Gasteiger partial charge in [-0.15, -0.1) is 0 Å². The van der Waals surface area contributed by atoms with Crippen molar-refractivity contribution >= 4 is 5.57 Å². The van der Waals surface area contributed by atoms with Crippen LogP contribution in [0.2, 0.25) is 0 Å². The predicted octanol–water partition coefficient (Wildman–Crippen LogP) is 3.90. The molecule has 3 heterocycles. The van der Waals surface area contributed by atoms with Gasteiger partial charge in [-0.3, -0.25) is 9.82 Å². The monoisotopic (exact) mass is 409 g/mol. The standard InChI is InChI=1S/C24H31N3O3/c1-3-27(4-2)29-17-19-7-6-18(16-26-19)22-15-24(10-5-12-25-13-11-24)30-23-9-8-20(28)14-21(22)23/h6-9,14-16,25,28H,3-5,10-13,17H2,1-2H3. The first-order chi connectivity index (χ1) is 14.6. The number of hydrogen-bond acceptors (Lipinski definition) is 6. The fraction of sp³-hybridized carbons (Fsp3) is 0.458. The van der Waals surface area contributed by atoms with Crippen LogP contribution in [0.5, 0.6) is 11.5 Å². The van der Waals surface area contributed by atoms with E-state index in [1.807, 2.05) is 23.4 Å². The second-order valence-corrected chi connectivity index (χ2v) is 7.93. The number of rotatable bonds is 6. The number of phenolic OH excluding ortho intramolecular Hbond substituents is 1. The highest BCUT2D eigenvalue weighted by molar-refractivity contribution is 5.85. The molecule has 4 rings (SSSR count). The van der Waals surface area contributed by atoms with Gasteiger partial charge < -0.3 is 15.2 Å². The maximum atomic E-state index is 10.1. The Hall–Kier alpha value is -2.41. The van der Waals surface area contributed by atoms with Crippen LogP contribution in [0.4, 0.5) is 0 Å². The van der Waals surface area contributed by atoms with Crippen molar-refractivity contribution in [2.45, 2.75) is 45.3 Å². The molecule has 1 fully saturated rings. The molecule has 2 aliphatic rings. The number of hydroxylamine groups is 2. The predicted molar refractivity (Wildman–Crippen MR) is 117 cm³/mol. The van der Waals surface area contributed by atoms with Gasteiger partial charge in [-0.05, 0) is 61.8 Å². The van der Waals surface area contributed by atoms with E-state index < -0.39 is 0 Å². The summed E-state index contributed by atoms with van der Waals surface area (Å²) in [5, 5.41) is 15.5. The zero-order chi connectivity index (χ0) is 21.0. The third-order valence-corrected chi connectivity index (χ3v) is 5.89. The van der Waals surface area contributed by atoms with Crippen LogP contribution in [0.25, 0.3) is 5.57 Å². The molecule has 160 valence electrons. The minimum atomic E-state index is -0.326. The lowest BCUT2D eigenvalue weighted by Crippen LogP contribution is -2.37. The topological polar surface area (TPSA) is 66.9 Å². The lowest BCUT2D eigenvalue weighted by Gasteiger charge is -2.36. The number of benzene rings is 1. The number of aromatic hydroxyl groups is 1. The highest BCUT2D eigenvalue weighted by Crippen LogP contribution is 2.43. The Balaban J connectivity index is 1.64. The maximum Gasteiger partial charge on any atom is 0.129 e. The van der Waals surface area contributed by atoms with E-state index in [1.54, 1.807) is 12.1 Å². The van der Waals surface area contributed by atoms with Crippen molar-refractivity contribution in [1.82, 2.24) is 15.4 Å². The van der Waals surface area contributed by atoms with Crippen LogP contribution in [0.15, 0.2) is 42.6 Å². The van der Waals surface area contributed by atoms with Gasteiger partial charge in [0.25, 0.3) is 0 Å². The van der Waals surface area contributed by atoms with Gasteiger partial charge in [0.05, 0.1) is 5.69 Å². The van der Waals surface area contributed by atoms with E-state index in [0.29, 0.717) is 6.61 Å². The molecule has 1 spiro atoms. The third kappa shape index (κ3) is 4.51. The summed E-state index contributed by atoms with van der Waals surface area (Å²) in [4.78, 5) is 10.4. The summed E-state index contributed by atoms with van der Waals surface area (Å²) in [7, 11) is 0. The van der Waals surface area contributed by atoms with Crippen LogP contribution < -0.4 is 10.1 Å². The van der Waals surface area contributed by atoms with E-state index in [0.717, 1.165) is 73.6 Å². The zero-order valence-corrected chi connectivity index (χ0v) is 17.9. The molecule has 1 aromatic carbocycles. The van der Waals surface area contributed by atoms with Crippen molar-refractivity contribution in [3.8, 4) is 11.5 Å². The van der Waals surface area contributed by atoms with Gasteiger partial charge in [0.15, 0.2) is 0 Å².